The summed E-state index contributed by atoms with van der Waals surface area (Å²) < 4.78 is 2.27. The molecule has 0 saturated heterocycles. The predicted molar refractivity (Wildman–Crippen MR) is 83.5 cm³/mol. The maximum atomic E-state index is 3.59. The molecule has 0 amide bonds. The summed E-state index contributed by atoms with van der Waals surface area (Å²) in [5.41, 5.74) is 2.58. The molecule has 1 atom stereocenters. The smallest absolute Gasteiger partial charge is 0.0306 e. The lowest BCUT2D eigenvalue weighted by molar-refractivity contribution is 0.573. The summed E-state index contributed by atoms with van der Waals surface area (Å²) >= 11 is 7.03. The highest BCUT2D eigenvalue weighted by Gasteiger charge is 2.07. The molecule has 2 rings (SSSR count). The Hall–Kier alpha value is -0.640. The van der Waals surface area contributed by atoms with Gasteiger partial charge >= 0.3 is 0 Å². The molecule has 0 aliphatic heterocycles. The van der Waals surface area contributed by atoms with Crippen molar-refractivity contribution in [3.8, 4) is 0 Å². The van der Waals surface area contributed by atoms with Crippen LogP contribution in [0.2, 0.25) is 0 Å². The molecule has 0 heterocycles. The van der Waals surface area contributed by atoms with Crippen LogP contribution in [0.1, 0.15) is 24.1 Å². The first-order valence-corrected chi connectivity index (χ1v) is 7.47. The lowest BCUT2D eigenvalue weighted by Crippen LogP contribution is -2.18. The summed E-state index contributed by atoms with van der Waals surface area (Å²) in [5, 5.41) is 3.53. The van der Waals surface area contributed by atoms with E-state index in [9.17, 15) is 0 Å². The molecule has 2 aromatic carbocycles. The van der Waals surface area contributed by atoms with Crippen molar-refractivity contribution in [1.29, 1.82) is 0 Å². The number of hydrogen-bond donors (Lipinski definition) is 1. The van der Waals surface area contributed by atoms with Gasteiger partial charge in [0.05, 0.1) is 0 Å². The van der Waals surface area contributed by atoms with Crippen molar-refractivity contribution in [2.45, 2.75) is 19.5 Å². The molecule has 0 aliphatic carbocycles. The van der Waals surface area contributed by atoms with Gasteiger partial charge in [-0.25, -0.2) is 0 Å². The first-order valence-electron chi connectivity index (χ1n) is 5.89. The molecule has 1 N–H and O–H groups in total. The molecule has 0 aliphatic rings. The molecule has 0 spiro atoms. The molecule has 0 radical (unpaired) electrons. The van der Waals surface area contributed by atoms with Gasteiger partial charge in [-0.15, -0.1) is 0 Å². The zero-order valence-corrected chi connectivity index (χ0v) is 13.3. The average Bonchev–Trinajstić information content (AvgIpc) is 2.38. The minimum atomic E-state index is 0.323. The van der Waals surface area contributed by atoms with E-state index in [1.165, 1.54) is 11.1 Å². The minimum Gasteiger partial charge on any atom is -0.306 e. The van der Waals surface area contributed by atoms with Gasteiger partial charge in [-0.2, -0.15) is 0 Å². The number of hydrogen-bond acceptors (Lipinski definition) is 1. The van der Waals surface area contributed by atoms with Crippen molar-refractivity contribution >= 4 is 31.9 Å². The Balaban J connectivity index is 1.98. The van der Waals surface area contributed by atoms with Crippen LogP contribution in [0.3, 0.4) is 0 Å². The zero-order valence-electron chi connectivity index (χ0n) is 10.2. The summed E-state index contributed by atoms with van der Waals surface area (Å²) in [6, 6.07) is 17.0. The quantitative estimate of drug-likeness (QED) is 0.794. The third-order valence-electron chi connectivity index (χ3n) is 2.90. The van der Waals surface area contributed by atoms with Crippen molar-refractivity contribution in [1.82, 2.24) is 5.32 Å². The second kappa shape index (κ2) is 6.50. The Morgan fingerprint density at radius 1 is 1.00 bits per heavy atom. The molecule has 18 heavy (non-hydrogen) atoms. The third kappa shape index (κ3) is 3.67. The number of halogens is 2. The molecular weight excluding hydrogens is 354 g/mol. The highest BCUT2D eigenvalue weighted by Crippen LogP contribution is 2.23. The summed E-state index contributed by atoms with van der Waals surface area (Å²) in [6.07, 6.45) is 0. The number of nitrogens with one attached hydrogen (secondary N) is 1. The average molecular weight is 369 g/mol. The van der Waals surface area contributed by atoms with E-state index in [0.717, 1.165) is 15.5 Å². The van der Waals surface area contributed by atoms with E-state index in [2.05, 4.69) is 86.6 Å². The Kier molecular flexibility index (Phi) is 4.98. The lowest BCUT2D eigenvalue weighted by Gasteiger charge is -2.15. The van der Waals surface area contributed by atoms with Gasteiger partial charge in [-0.3, -0.25) is 0 Å². The van der Waals surface area contributed by atoms with E-state index >= 15 is 0 Å². The molecule has 0 fully saturated rings. The fraction of sp³-hybridized carbons (Fsp3) is 0.200. The van der Waals surface area contributed by atoms with Crippen LogP contribution < -0.4 is 5.32 Å². The van der Waals surface area contributed by atoms with Gasteiger partial charge in [-0.1, -0.05) is 62.2 Å². The standard InChI is InChI=1S/C15H15Br2N/c1-11(14-4-2-3-5-15(14)17)18-10-12-6-8-13(16)9-7-12/h2-9,11,18H,10H2,1H3. The molecular formula is C15H15Br2N. The lowest BCUT2D eigenvalue weighted by atomic mass is 10.1. The van der Waals surface area contributed by atoms with E-state index in [4.69, 9.17) is 0 Å². The summed E-state index contributed by atoms with van der Waals surface area (Å²) in [7, 11) is 0. The Morgan fingerprint density at radius 2 is 1.67 bits per heavy atom. The van der Waals surface area contributed by atoms with E-state index in [-0.39, 0.29) is 0 Å². The van der Waals surface area contributed by atoms with Crippen LogP contribution in [-0.2, 0) is 6.54 Å². The highest BCUT2D eigenvalue weighted by atomic mass is 79.9. The van der Waals surface area contributed by atoms with Crippen molar-refractivity contribution in [2.24, 2.45) is 0 Å². The van der Waals surface area contributed by atoms with E-state index in [1.807, 2.05) is 6.07 Å². The monoisotopic (exact) mass is 367 g/mol. The SMILES string of the molecule is CC(NCc1ccc(Br)cc1)c1ccccc1Br. The summed E-state index contributed by atoms with van der Waals surface area (Å²) in [5.74, 6) is 0. The minimum absolute atomic E-state index is 0.323. The number of benzene rings is 2. The third-order valence-corrected chi connectivity index (χ3v) is 4.15. The van der Waals surface area contributed by atoms with Gasteiger partial charge in [0.2, 0.25) is 0 Å². The van der Waals surface area contributed by atoms with Crippen molar-refractivity contribution in [2.75, 3.05) is 0 Å². The Bertz CT molecular complexity index is 508. The summed E-state index contributed by atoms with van der Waals surface area (Å²) in [4.78, 5) is 0. The van der Waals surface area contributed by atoms with Crippen LogP contribution in [0.4, 0.5) is 0 Å². The van der Waals surface area contributed by atoms with Crippen molar-refractivity contribution in [3.63, 3.8) is 0 Å². The topological polar surface area (TPSA) is 12.0 Å². The van der Waals surface area contributed by atoms with Gasteiger partial charge in [0, 0.05) is 21.5 Å². The van der Waals surface area contributed by atoms with E-state index < -0.39 is 0 Å². The number of rotatable bonds is 4. The fourth-order valence-electron chi connectivity index (χ4n) is 1.81. The molecule has 94 valence electrons. The van der Waals surface area contributed by atoms with Crippen LogP contribution in [0.5, 0.6) is 0 Å². The van der Waals surface area contributed by atoms with Gasteiger partial charge < -0.3 is 5.32 Å². The van der Waals surface area contributed by atoms with Crippen molar-refractivity contribution < 1.29 is 0 Å². The van der Waals surface area contributed by atoms with Crippen molar-refractivity contribution in [3.05, 3.63) is 68.6 Å². The van der Waals surface area contributed by atoms with Gasteiger partial charge in [0.25, 0.3) is 0 Å². The molecule has 1 unspecified atom stereocenters. The maximum absolute atomic E-state index is 3.59. The largest absolute Gasteiger partial charge is 0.306 e. The second-order valence-electron chi connectivity index (χ2n) is 4.25. The first-order chi connectivity index (χ1) is 8.66. The van der Waals surface area contributed by atoms with Crippen LogP contribution in [0.25, 0.3) is 0 Å². The van der Waals surface area contributed by atoms with Gasteiger partial charge in [0.15, 0.2) is 0 Å². The van der Waals surface area contributed by atoms with Crippen LogP contribution in [0.15, 0.2) is 57.5 Å². The molecule has 2 aromatic rings. The first kappa shape index (κ1) is 13.8. The molecule has 0 bridgehead atoms. The maximum Gasteiger partial charge on any atom is 0.0306 e. The summed E-state index contributed by atoms with van der Waals surface area (Å²) in [6.45, 7) is 3.05. The van der Waals surface area contributed by atoms with Gasteiger partial charge in [-0.05, 0) is 36.2 Å². The Labute approximate surface area is 125 Å². The molecule has 0 saturated carbocycles. The molecule has 0 aromatic heterocycles. The van der Waals surface area contributed by atoms with Crippen LogP contribution >= 0.6 is 31.9 Å². The normalized spacial score (nSPS) is 12.4. The predicted octanol–water partition coefficient (Wildman–Crippen LogP) is 5.06. The highest BCUT2D eigenvalue weighted by molar-refractivity contribution is 9.10. The van der Waals surface area contributed by atoms with Crippen LogP contribution in [0, 0.1) is 0 Å². The Morgan fingerprint density at radius 3 is 2.33 bits per heavy atom. The van der Waals surface area contributed by atoms with E-state index in [1.54, 1.807) is 0 Å². The molecule has 3 heteroatoms. The zero-order chi connectivity index (χ0) is 13.0. The van der Waals surface area contributed by atoms with Crippen LogP contribution in [-0.4, -0.2) is 0 Å². The van der Waals surface area contributed by atoms with Gasteiger partial charge in [0.1, 0.15) is 0 Å². The molecule has 1 nitrogen and oxygen atoms in total. The second-order valence-corrected chi connectivity index (χ2v) is 6.02. The fourth-order valence-corrected chi connectivity index (χ4v) is 2.70. The van der Waals surface area contributed by atoms with E-state index in [0.29, 0.717) is 6.04 Å².